The molecule has 3 aromatic rings. The molecule has 138 valence electrons. The summed E-state index contributed by atoms with van der Waals surface area (Å²) in [4.78, 5) is 17.3. The van der Waals surface area contributed by atoms with Gasteiger partial charge < -0.3 is 9.30 Å². The van der Waals surface area contributed by atoms with Crippen molar-refractivity contribution in [2.45, 2.75) is 32.7 Å². The van der Waals surface area contributed by atoms with E-state index < -0.39 is 0 Å². The lowest BCUT2D eigenvalue weighted by Crippen LogP contribution is -2.16. The first-order valence-electron chi connectivity index (χ1n) is 9.02. The molecule has 1 amide bonds. The van der Waals surface area contributed by atoms with E-state index in [0.717, 1.165) is 28.8 Å². The van der Waals surface area contributed by atoms with Crippen molar-refractivity contribution < 1.29 is 9.53 Å². The first-order chi connectivity index (χ1) is 13.2. The molecule has 0 saturated heterocycles. The van der Waals surface area contributed by atoms with Crippen LogP contribution < -0.4 is 9.54 Å². The summed E-state index contributed by atoms with van der Waals surface area (Å²) in [6.45, 7) is 2.94. The van der Waals surface area contributed by atoms with Crippen LogP contribution >= 0.6 is 11.3 Å². The number of rotatable bonds is 7. The van der Waals surface area contributed by atoms with Gasteiger partial charge in [0.05, 0.1) is 23.4 Å². The Hall–Kier alpha value is -2.84. The number of aromatic nitrogens is 1. The fraction of sp³-hybridized carbons (Fsp3) is 0.273. The summed E-state index contributed by atoms with van der Waals surface area (Å²) >= 11 is 1.46. The molecule has 0 saturated carbocycles. The van der Waals surface area contributed by atoms with E-state index in [2.05, 4.69) is 23.0 Å². The smallest absolute Gasteiger partial charge is 0.248 e. The van der Waals surface area contributed by atoms with Gasteiger partial charge in [0.25, 0.3) is 0 Å². The standard InChI is InChI=1S/C22H22N2O2S/c1-3-15-24-19-14-13-18(26-4-2)16-20(19)27-22(24)23-21(25)12-8-11-17-9-6-5-7-10-17/h1,5-7,9-10,13-14,16H,4,8,11-12,15H2,2H3. The van der Waals surface area contributed by atoms with Gasteiger partial charge in [-0.15, -0.1) is 6.42 Å². The Morgan fingerprint density at radius 3 is 2.81 bits per heavy atom. The van der Waals surface area contributed by atoms with Crippen LogP contribution in [0.25, 0.3) is 10.2 Å². The number of carbonyl (C=O) groups excluding carboxylic acids is 1. The van der Waals surface area contributed by atoms with Crippen LogP contribution in [0, 0.1) is 12.3 Å². The minimum Gasteiger partial charge on any atom is -0.494 e. The van der Waals surface area contributed by atoms with Gasteiger partial charge in [0.15, 0.2) is 4.80 Å². The van der Waals surface area contributed by atoms with Crippen molar-refractivity contribution in [3.05, 3.63) is 58.9 Å². The molecule has 0 unspecified atom stereocenters. The highest BCUT2D eigenvalue weighted by Crippen LogP contribution is 2.23. The predicted octanol–water partition coefficient (Wildman–Crippen LogP) is 4.18. The number of ether oxygens (including phenoxy) is 1. The summed E-state index contributed by atoms with van der Waals surface area (Å²) in [5.41, 5.74) is 2.20. The van der Waals surface area contributed by atoms with E-state index in [1.807, 2.05) is 47.9 Å². The van der Waals surface area contributed by atoms with Gasteiger partial charge >= 0.3 is 0 Å². The summed E-state index contributed by atoms with van der Waals surface area (Å²) < 4.78 is 8.47. The van der Waals surface area contributed by atoms with Gasteiger partial charge in [-0.1, -0.05) is 47.6 Å². The molecule has 0 aliphatic heterocycles. The normalized spacial score (nSPS) is 11.5. The molecule has 2 aromatic carbocycles. The molecule has 0 N–H and O–H groups in total. The molecule has 0 radical (unpaired) electrons. The number of hydrogen-bond acceptors (Lipinski definition) is 3. The second kappa shape index (κ2) is 9.20. The number of nitrogens with zero attached hydrogens (tertiary/aromatic N) is 2. The molecule has 0 fully saturated rings. The fourth-order valence-corrected chi connectivity index (χ4v) is 3.97. The Labute approximate surface area is 163 Å². The molecule has 5 heteroatoms. The van der Waals surface area contributed by atoms with Gasteiger partial charge in [0.2, 0.25) is 5.91 Å². The maximum Gasteiger partial charge on any atom is 0.248 e. The van der Waals surface area contributed by atoms with Gasteiger partial charge in [-0.05, 0) is 43.5 Å². The lowest BCUT2D eigenvalue weighted by Gasteiger charge is -2.03. The molecule has 1 heterocycles. The van der Waals surface area contributed by atoms with Crippen molar-refractivity contribution in [2.24, 2.45) is 4.99 Å². The SMILES string of the molecule is C#CCn1c(=NC(=O)CCCc2ccccc2)sc2cc(OCC)ccc21. The number of fused-ring (bicyclic) bond motifs is 1. The van der Waals surface area contributed by atoms with Crippen molar-refractivity contribution in [3.8, 4) is 18.1 Å². The van der Waals surface area contributed by atoms with Crippen molar-refractivity contribution in [2.75, 3.05) is 6.61 Å². The number of benzene rings is 2. The molecule has 4 nitrogen and oxygen atoms in total. The zero-order chi connectivity index (χ0) is 19.1. The molecule has 0 bridgehead atoms. The number of hydrogen-bond donors (Lipinski definition) is 0. The zero-order valence-corrected chi connectivity index (χ0v) is 16.2. The summed E-state index contributed by atoms with van der Waals surface area (Å²) in [6.07, 6.45) is 7.59. The Morgan fingerprint density at radius 2 is 2.07 bits per heavy atom. The third-order valence-corrected chi connectivity index (χ3v) is 5.18. The van der Waals surface area contributed by atoms with Gasteiger partial charge in [-0.25, -0.2) is 0 Å². The molecule has 0 aliphatic rings. The Morgan fingerprint density at radius 1 is 1.26 bits per heavy atom. The molecular formula is C22H22N2O2S. The lowest BCUT2D eigenvalue weighted by atomic mass is 10.1. The highest BCUT2D eigenvalue weighted by molar-refractivity contribution is 7.16. The monoisotopic (exact) mass is 378 g/mol. The van der Waals surface area contributed by atoms with E-state index in [0.29, 0.717) is 24.4 Å². The van der Waals surface area contributed by atoms with E-state index in [1.165, 1.54) is 16.9 Å². The van der Waals surface area contributed by atoms with Gasteiger partial charge in [0, 0.05) is 6.42 Å². The predicted molar refractivity (Wildman–Crippen MR) is 110 cm³/mol. The highest BCUT2D eigenvalue weighted by Gasteiger charge is 2.09. The van der Waals surface area contributed by atoms with Crippen LogP contribution in [0.1, 0.15) is 25.3 Å². The summed E-state index contributed by atoms with van der Waals surface area (Å²) in [6, 6.07) is 16.0. The number of amides is 1. The van der Waals surface area contributed by atoms with E-state index in [1.54, 1.807) is 0 Å². The Kier molecular flexibility index (Phi) is 6.45. The maximum absolute atomic E-state index is 12.4. The van der Waals surface area contributed by atoms with Crippen LogP contribution in [-0.2, 0) is 17.8 Å². The van der Waals surface area contributed by atoms with Crippen molar-refractivity contribution in [1.82, 2.24) is 4.57 Å². The second-order valence-corrected chi connectivity index (χ2v) is 7.09. The maximum atomic E-state index is 12.4. The van der Waals surface area contributed by atoms with Crippen LogP contribution in [0.2, 0.25) is 0 Å². The summed E-state index contributed by atoms with van der Waals surface area (Å²) in [5.74, 6) is 3.34. The summed E-state index contributed by atoms with van der Waals surface area (Å²) in [7, 11) is 0. The lowest BCUT2D eigenvalue weighted by molar-refractivity contribution is -0.118. The van der Waals surface area contributed by atoms with E-state index in [4.69, 9.17) is 11.2 Å². The van der Waals surface area contributed by atoms with Gasteiger partial charge in [-0.3, -0.25) is 4.79 Å². The molecule has 0 atom stereocenters. The number of terminal acetylenes is 1. The number of carbonyl (C=O) groups is 1. The third kappa shape index (κ3) is 4.87. The quantitative estimate of drug-likeness (QED) is 0.579. The van der Waals surface area contributed by atoms with Crippen LogP contribution in [0.3, 0.4) is 0 Å². The minimum atomic E-state index is -0.117. The Balaban J connectivity index is 1.79. The number of aryl methyl sites for hydroxylation is 1. The first-order valence-corrected chi connectivity index (χ1v) is 9.84. The van der Waals surface area contributed by atoms with Crippen LogP contribution in [0.15, 0.2) is 53.5 Å². The summed E-state index contributed by atoms with van der Waals surface area (Å²) in [5, 5.41) is 0. The molecular weight excluding hydrogens is 356 g/mol. The van der Waals surface area contributed by atoms with Gasteiger partial charge in [0.1, 0.15) is 5.75 Å². The van der Waals surface area contributed by atoms with Gasteiger partial charge in [-0.2, -0.15) is 4.99 Å². The van der Waals surface area contributed by atoms with E-state index in [-0.39, 0.29) is 5.91 Å². The van der Waals surface area contributed by atoms with Crippen LogP contribution in [-0.4, -0.2) is 17.1 Å². The average Bonchev–Trinajstić information content (AvgIpc) is 3.00. The molecule has 27 heavy (non-hydrogen) atoms. The topological polar surface area (TPSA) is 43.6 Å². The molecule has 1 aromatic heterocycles. The average molecular weight is 378 g/mol. The number of thiazole rings is 1. The second-order valence-electron chi connectivity index (χ2n) is 6.08. The van der Waals surface area contributed by atoms with E-state index >= 15 is 0 Å². The zero-order valence-electron chi connectivity index (χ0n) is 15.4. The van der Waals surface area contributed by atoms with Crippen molar-refractivity contribution in [1.29, 1.82) is 0 Å². The third-order valence-electron chi connectivity index (χ3n) is 4.13. The minimum absolute atomic E-state index is 0.117. The molecule has 0 aliphatic carbocycles. The highest BCUT2D eigenvalue weighted by atomic mass is 32.1. The van der Waals surface area contributed by atoms with Crippen LogP contribution in [0.5, 0.6) is 5.75 Å². The Bertz CT molecular complexity index is 1030. The fourth-order valence-electron chi connectivity index (χ4n) is 2.89. The largest absolute Gasteiger partial charge is 0.494 e. The van der Waals surface area contributed by atoms with Crippen molar-refractivity contribution in [3.63, 3.8) is 0 Å². The van der Waals surface area contributed by atoms with Crippen LogP contribution in [0.4, 0.5) is 0 Å². The molecule has 0 spiro atoms. The van der Waals surface area contributed by atoms with Crippen molar-refractivity contribution >= 4 is 27.5 Å². The molecule has 3 rings (SSSR count). The van der Waals surface area contributed by atoms with E-state index in [9.17, 15) is 4.79 Å². The first kappa shape index (κ1) is 18.9.